The van der Waals surface area contributed by atoms with E-state index in [9.17, 15) is 24.3 Å². The molecular formula is C21H24N8O7S3. The zero-order chi connectivity index (χ0) is 28.3. The maximum Gasteiger partial charge on any atom is 0.352 e. The van der Waals surface area contributed by atoms with E-state index in [1.165, 1.54) is 50.0 Å². The minimum absolute atomic E-state index is 0.119. The van der Waals surface area contributed by atoms with E-state index >= 15 is 0 Å². The average Bonchev–Trinajstić information content (AvgIpc) is 3.53. The van der Waals surface area contributed by atoms with Crippen molar-refractivity contribution in [1.82, 2.24) is 35.4 Å². The van der Waals surface area contributed by atoms with Crippen LogP contribution in [0, 0.1) is 0 Å². The first-order valence-electron chi connectivity index (χ1n) is 11.3. The van der Waals surface area contributed by atoms with Gasteiger partial charge < -0.3 is 20.0 Å². The van der Waals surface area contributed by atoms with Crippen molar-refractivity contribution < 1.29 is 33.9 Å². The van der Waals surface area contributed by atoms with Gasteiger partial charge in [0, 0.05) is 23.9 Å². The van der Waals surface area contributed by atoms with Gasteiger partial charge in [-0.2, -0.15) is 0 Å². The van der Waals surface area contributed by atoms with Gasteiger partial charge in [0.1, 0.15) is 28.4 Å². The van der Waals surface area contributed by atoms with Gasteiger partial charge in [-0.3, -0.25) is 14.5 Å². The summed E-state index contributed by atoms with van der Waals surface area (Å²) < 4.78 is 6.61. The standard InChI is InChI=1S/C21H24N8O7S3/c1-21(2,3)36-12(30)5-35-25-13(11-8-37-9-22-11)16(31)23-14-17(32)29-15(19(33)34)10(6-38-18(14)29)7-39-20-24-26-27-28(20)4/h8-9,14,18H,5-7H2,1-4H3,(H,23,31)(H,33,34)/t14?,18-/m1/s1. The number of hydrogen-bond donors (Lipinski definition) is 2. The summed E-state index contributed by atoms with van der Waals surface area (Å²) in [7, 11) is 1.67. The zero-order valence-electron chi connectivity index (χ0n) is 21.2. The summed E-state index contributed by atoms with van der Waals surface area (Å²) in [5.74, 6) is -2.66. The zero-order valence-corrected chi connectivity index (χ0v) is 23.6. The summed E-state index contributed by atoms with van der Waals surface area (Å²) in [6, 6.07) is -0.997. The molecule has 15 nitrogen and oxygen atoms in total. The molecule has 0 spiro atoms. The molecule has 2 amide bonds. The van der Waals surface area contributed by atoms with Crippen LogP contribution in [0.5, 0.6) is 0 Å². The normalized spacial score (nSPS) is 19.3. The quantitative estimate of drug-likeness (QED) is 0.125. The Morgan fingerprint density at radius 1 is 1.33 bits per heavy atom. The minimum atomic E-state index is -1.25. The third-order valence-electron chi connectivity index (χ3n) is 5.14. The van der Waals surface area contributed by atoms with Crippen LogP contribution in [-0.4, -0.2) is 99.8 Å². The highest BCUT2D eigenvalue weighted by Gasteiger charge is 2.54. The van der Waals surface area contributed by atoms with Gasteiger partial charge in [0.15, 0.2) is 5.71 Å². The lowest BCUT2D eigenvalue weighted by molar-refractivity contribution is -0.160. The fraction of sp³-hybridized carbons (Fsp3) is 0.476. The summed E-state index contributed by atoms with van der Waals surface area (Å²) in [5.41, 5.74) is 1.13. The number of oxime groups is 1. The number of thioether (sulfide) groups is 2. The van der Waals surface area contributed by atoms with Gasteiger partial charge in [0.2, 0.25) is 11.8 Å². The fourth-order valence-corrected chi connectivity index (χ4v) is 6.43. The summed E-state index contributed by atoms with van der Waals surface area (Å²) in [6.07, 6.45) is 0. The molecule has 1 fully saturated rings. The topological polar surface area (TPSA) is 191 Å². The number of carbonyl (C=O) groups excluding carboxylic acids is 3. The highest BCUT2D eigenvalue weighted by molar-refractivity contribution is 8.01. The van der Waals surface area contributed by atoms with E-state index in [0.717, 1.165) is 0 Å². The van der Waals surface area contributed by atoms with E-state index in [-0.39, 0.29) is 22.9 Å². The van der Waals surface area contributed by atoms with Gasteiger partial charge >= 0.3 is 11.9 Å². The molecule has 0 aromatic carbocycles. The largest absolute Gasteiger partial charge is 0.477 e. The maximum atomic E-state index is 13.1. The number of thiazole rings is 1. The van der Waals surface area contributed by atoms with Crippen molar-refractivity contribution in [1.29, 1.82) is 0 Å². The molecule has 2 aliphatic rings. The molecule has 0 bridgehead atoms. The van der Waals surface area contributed by atoms with Crippen molar-refractivity contribution >= 4 is 64.3 Å². The Balaban J connectivity index is 1.44. The Labute approximate surface area is 234 Å². The summed E-state index contributed by atoms with van der Waals surface area (Å²) in [6.45, 7) is 4.57. The molecule has 18 heteroatoms. The SMILES string of the molecule is Cn1nnnc1SCC1=C(C(=O)O)N2C(=O)C(NC(=O)C(=NOCC(=O)OC(C)(C)C)c3cscn3)[C@H]2SC1. The van der Waals surface area contributed by atoms with Crippen LogP contribution in [0.3, 0.4) is 0 Å². The Morgan fingerprint density at radius 2 is 2.10 bits per heavy atom. The lowest BCUT2D eigenvalue weighted by atomic mass is 10.0. The van der Waals surface area contributed by atoms with Gasteiger partial charge in [-0.15, -0.1) is 28.2 Å². The maximum absolute atomic E-state index is 13.1. The molecule has 2 N–H and O–H groups in total. The number of carbonyl (C=O) groups is 4. The van der Waals surface area contributed by atoms with E-state index in [1.807, 2.05) is 0 Å². The van der Waals surface area contributed by atoms with Crippen molar-refractivity contribution in [3.05, 3.63) is 27.9 Å². The fourth-order valence-electron chi connectivity index (χ4n) is 3.55. The van der Waals surface area contributed by atoms with Crippen LogP contribution in [0.15, 0.2) is 32.5 Å². The van der Waals surface area contributed by atoms with E-state index in [2.05, 4.69) is 31.0 Å². The van der Waals surface area contributed by atoms with Gasteiger partial charge in [-0.25, -0.2) is 19.3 Å². The third-order valence-corrected chi connectivity index (χ3v) is 8.16. The van der Waals surface area contributed by atoms with Crippen molar-refractivity contribution in [2.45, 2.75) is 42.9 Å². The molecule has 2 aliphatic heterocycles. The second-order valence-corrected chi connectivity index (χ2v) is 11.9. The lowest BCUT2D eigenvalue weighted by Crippen LogP contribution is -2.71. The Morgan fingerprint density at radius 3 is 2.72 bits per heavy atom. The molecular weight excluding hydrogens is 572 g/mol. The van der Waals surface area contributed by atoms with Crippen LogP contribution in [0.4, 0.5) is 0 Å². The van der Waals surface area contributed by atoms with E-state index in [4.69, 9.17) is 9.57 Å². The molecule has 0 saturated carbocycles. The predicted octanol–water partition coefficient (Wildman–Crippen LogP) is 0.260. The van der Waals surface area contributed by atoms with Crippen LogP contribution in [-0.2, 0) is 35.8 Å². The lowest BCUT2D eigenvalue weighted by Gasteiger charge is -2.49. The number of aromatic nitrogens is 5. The van der Waals surface area contributed by atoms with Crippen LogP contribution in [0.25, 0.3) is 0 Å². The highest BCUT2D eigenvalue weighted by atomic mass is 32.2. The van der Waals surface area contributed by atoms with Crippen molar-refractivity contribution in [3.8, 4) is 0 Å². The number of aryl methyl sites for hydroxylation is 1. The summed E-state index contributed by atoms with van der Waals surface area (Å²) in [5, 5.41) is 28.9. The second kappa shape index (κ2) is 11.7. The first kappa shape index (κ1) is 28.5. The van der Waals surface area contributed by atoms with Crippen LogP contribution >= 0.6 is 34.9 Å². The number of esters is 1. The molecule has 1 saturated heterocycles. The number of nitrogens with one attached hydrogen (secondary N) is 1. The van der Waals surface area contributed by atoms with Gasteiger partial charge in [-0.05, 0) is 36.8 Å². The Kier molecular flexibility index (Phi) is 8.55. The first-order valence-corrected chi connectivity index (χ1v) is 14.3. The second-order valence-electron chi connectivity index (χ2n) is 9.17. The number of ether oxygens (including phenoxy) is 1. The van der Waals surface area contributed by atoms with Crippen LogP contribution in [0.2, 0.25) is 0 Å². The number of carboxylic acid groups (broad SMARTS) is 1. The number of amides is 2. The molecule has 39 heavy (non-hydrogen) atoms. The van der Waals surface area contributed by atoms with Gasteiger partial charge in [0.05, 0.1) is 5.51 Å². The molecule has 4 heterocycles. The number of aliphatic carboxylic acids is 1. The minimum Gasteiger partial charge on any atom is -0.477 e. The average molecular weight is 597 g/mol. The van der Waals surface area contributed by atoms with Crippen LogP contribution < -0.4 is 5.32 Å². The summed E-state index contributed by atoms with van der Waals surface area (Å²) in [4.78, 5) is 60.5. The third kappa shape index (κ3) is 6.56. The van der Waals surface area contributed by atoms with E-state index in [1.54, 1.807) is 33.2 Å². The van der Waals surface area contributed by atoms with Crippen molar-refractivity contribution in [2.24, 2.45) is 12.2 Å². The molecule has 2 aromatic rings. The first-order chi connectivity index (χ1) is 18.5. The Bertz CT molecular complexity index is 1340. The van der Waals surface area contributed by atoms with Crippen LogP contribution in [0.1, 0.15) is 26.5 Å². The smallest absolute Gasteiger partial charge is 0.352 e. The van der Waals surface area contributed by atoms with Gasteiger partial charge in [0.25, 0.3) is 11.8 Å². The number of carboxylic acids is 1. The van der Waals surface area contributed by atoms with Gasteiger partial charge in [-0.1, -0.05) is 16.9 Å². The number of nitrogens with zero attached hydrogens (tertiary/aromatic N) is 7. The molecule has 2 atom stereocenters. The highest BCUT2D eigenvalue weighted by Crippen LogP contribution is 2.41. The molecule has 4 rings (SSSR count). The number of fused-ring (bicyclic) bond motifs is 1. The van der Waals surface area contributed by atoms with Crippen molar-refractivity contribution in [2.75, 3.05) is 18.1 Å². The summed E-state index contributed by atoms with van der Waals surface area (Å²) >= 11 is 3.79. The number of hydrogen-bond acceptors (Lipinski definition) is 14. The number of rotatable bonds is 10. The van der Waals surface area contributed by atoms with Crippen molar-refractivity contribution in [3.63, 3.8) is 0 Å². The van der Waals surface area contributed by atoms with E-state index in [0.29, 0.717) is 16.5 Å². The molecule has 1 unspecified atom stereocenters. The molecule has 0 radical (unpaired) electrons. The van der Waals surface area contributed by atoms with E-state index < -0.39 is 47.4 Å². The monoisotopic (exact) mass is 596 g/mol. The number of β-lactam (4-membered cyclic amide) rings is 1. The molecule has 208 valence electrons. The molecule has 2 aromatic heterocycles. The molecule has 0 aliphatic carbocycles. The Hall–Kier alpha value is -3.51. The predicted molar refractivity (Wildman–Crippen MR) is 140 cm³/mol. The number of tetrazole rings is 1.